The third-order valence-electron chi connectivity index (χ3n) is 2.48. The van der Waals surface area contributed by atoms with Gasteiger partial charge < -0.3 is 16.4 Å². The highest BCUT2D eigenvalue weighted by Gasteiger charge is 2.23. The SMILES string of the molecule is CCCNC(=O)CNC(=O)c1cccc(N)c1[N+](=O)[O-]. The summed E-state index contributed by atoms with van der Waals surface area (Å²) >= 11 is 0. The maximum atomic E-state index is 11.8. The Kier molecular flexibility index (Phi) is 5.45. The summed E-state index contributed by atoms with van der Waals surface area (Å²) < 4.78 is 0. The molecule has 1 rings (SSSR count). The lowest BCUT2D eigenvalue weighted by Gasteiger charge is -2.07. The van der Waals surface area contributed by atoms with Crippen molar-refractivity contribution in [3.63, 3.8) is 0 Å². The zero-order valence-electron chi connectivity index (χ0n) is 11.0. The molecule has 0 saturated heterocycles. The molecule has 8 heteroatoms. The largest absolute Gasteiger partial charge is 0.393 e. The van der Waals surface area contributed by atoms with Gasteiger partial charge in [-0.1, -0.05) is 13.0 Å². The van der Waals surface area contributed by atoms with Gasteiger partial charge in [0.1, 0.15) is 11.3 Å². The molecule has 0 fully saturated rings. The number of nitrogens with two attached hydrogens (primary N) is 1. The van der Waals surface area contributed by atoms with Gasteiger partial charge in [0, 0.05) is 6.54 Å². The monoisotopic (exact) mass is 280 g/mol. The van der Waals surface area contributed by atoms with Crippen molar-refractivity contribution in [1.29, 1.82) is 0 Å². The van der Waals surface area contributed by atoms with Crippen LogP contribution < -0.4 is 16.4 Å². The van der Waals surface area contributed by atoms with Gasteiger partial charge in [0.2, 0.25) is 5.91 Å². The van der Waals surface area contributed by atoms with E-state index >= 15 is 0 Å². The summed E-state index contributed by atoms with van der Waals surface area (Å²) in [5.41, 5.74) is 4.75. The Morgan fingerprint density at radius 2 is 2.05 bits per heavy atom. The van der Waals surface area contributed by atoms with Crippen LogP contribution in [0, 0.1) is 10.1 Å². The third-order valence-corrected chi connectivity index (χ3v) is 2.48. The number of carbonyl (C=O) groups is 2. The van der Waals surface area contributed by atoms with Gasteiger partial charge in [-0.05, 0) is 18.6 Å². The zero-order valence-corrected chi connectivity index (χ0v) is 11.0. The first kappa shape index (κ1) is 15.4. The number of nitro groups is 1. The van der Waals surface area contributed by atoms with Gasteiger partial charge in [-0.3, -0.25) is 19.7 Å². The highest BCUT2D eigenvalue weighted by molar-refractivity contribution is 6.01. The van der Waals surface area contributed by atoms with Crippen LogP contribution in [0.25, 0.3) is 0 Å². The molecule has 0 heterocycles. The molecule has 0 saturated carbocycles. The summed E-state index contributed by atoms with van der Waals surface area (Å²) in [6.45, 7) is 2.16. The number of nitrogen functional groups attached to an aromatic ring is 1. The number of rotatable bonds is 6. The number of hydrogen-bond donors (Lipinski definition) is 3. The molecule has 1 aromatic carbocycles. The molecule has 20 heavy (non-hydrogen) atoms. The molecule has 0 radical (unpaired) electrons. The smallest absolute Gasteiger partial charge is 0.304 e. The quantitative estimate of drug-likeness (QED) is 0.395. The number of para-hydroxylation sites is 1. The Hall–Kier alpha value is -2.64. The third kappa shape index (κ3) is 3.94. The maximum absolute atomic E-state index is 11.8. The predicted octanol–water partition coefficient (Wildman–Crippen LogP) is 0.433. The van der Waals surface area contributed by atoms with Crippen LogP contribution in [0.3, 0.4) is 0 Å². The molecule has 1 aromatic rings. The molecule has 0 spiro atoms. The Morgan fingerprint density at radius 1 is 1.35 bits per heavy atom. The van der Waals surface area contributed by atoms with Crippen molar-refractivity contribution in [2.24, 2.45) is 0 Å². The first-order valence-electron chi connectivity index (χ1n) is 6.05. The van der Waals surface area contributed by atoms with Crippen LogP contribution in [-0.4, -0.2) is 29.8 Å². The molecule has 0 unspecified atom stereocenters. The number of amides is 2. The zero-order chi connectivity index (χ0) is 15.1. The van der Waals surface area contributed by atoms with Crippen molar-refractivity contribution in [3.8, 4) is 0 Å². The highest BCUT2D eigenvalue weighted by Crippen LogP contribution is 2.25. The van der Waals surface area contributed by atoms with Gasteiger partial charge in [-0.15, -0.1) is 0 Å². The highest BCUT2D eigenvalue weighted by atomic mass is 16.6. The Bertz CT molecular complexity index is 530. The Labute approximate surface area is 115 Å². The fourth-order valence-corrected chi connectivity index (χ4v) is 1.53. The number of nitrogens with one attached hydrogen (secondary N) is 2. The minimum atomic E-state index is -0.721. The van der Waals surface area contributed by atoms with E-state index in [0.29, 0.717) is 6.54 Å². The molecule has 2 amide bonds. The summed E-state index contributed by atoms with van der Waals surface area (Å²) in [4.78, 5) is 33.4. The Balaban J connectivity index is 2.76. The molecule has 0 aliphatic rings. The normalized spacial score (nSPS) is 9.85. The minimum absolute atomic E-state index is 0.0990. The van der Waals surface area contributed by atoms with Crippen molar-refractivity contribution in [1.82, 2.24) is 10.6 Å². The van der Waals surface area contributed by atoms with E-state index in [4.69, 9.17) is 5.73 Å². The number of anilines is 1. The number of benzene rings is 1. The van der Waals surface area contributed by atoms with E-state index in [1.165, 1.54) is 18.2 Å². The average Bonchev–Trinajstić information content (AvgIpc) is 2.41. The molecular formula is C12H16N4O4. The van der Waals surface area contributed by atoms with E-state index < -0.39 is 16.5 Å². The van der Waals surface area contributed by atoms with Crippen LogP contribution in [0.2, 0.25) is 0 Å². The number of hydrogen-bond acceptors (Lipinski definition) is 5. The fraction of sp³-hybridized carbons (Fsp3) is 0.333. The number of nitrogens with zero attached hydrogens (tertiary/aromatic N) is 1. The average molecular weight is 280 g/mol. The molecular weight excluding hydrogens is 264 g/mol. The predicted molar refractivity (Wildman–Crippen MR) is 73.1 cm³/mol. The molecule has 8 nitrogen and oxygen atoms in total. The van der Waals surface area contributed by atoms with Crippen molar-refractivity contribution < 1.29 is 14.5 Å². The summed E-state index contributed by atoms with van der Waals surface area (Å²) in [5.74, 6) is -1.07. The molecule has 0 bridgehead atoms. The van der Waals surface area contributed by atoms with E-state index in [1.807, 2.05) is 6.92 Å². The van der Waals surface area contributed by atoms with E-state index in [1.54, 1.807) is 0 Å². The standard InChI is InChI=1S/C12H16N4O4/c1-2-6-14-10(17)7-15-12(18)8-4-3-5-9(13)11(8)16(19)20/h3-5H,2,6-7,13H2,1H3,(H,14,17)(H,15,18). The second-order valence-electron chi connectivity index (χ2n) is 4.03. The first-order valence-corrected chi connectivity index (χ1v) is 6.05. The van der Waals surface area contributed by atoms with Crippen molar-refractivity contribution in [2.45, 2.75) is 13.3 Å². The van der Waals surface area contributed by atoms with E-state index in [0.717, 1.165) is 6.42 Å². The second-order valence-corrected chi connectivity index (χ2v) is 4.03. The molecule has 0 aromatic heterocycles. The van der Waals surface area contributed by atoms with Crippen LogP contribution >= 0.6 is 0 Å². The molecule has 108 valence electrons. The van der Waals surface area contributed by atoms with Gasteiger partial charge >= 0.3 is 5.69 Å². The van der Waals surface area contributed by atoms with Crippen LogP contribution in [0.15, 0.2) is 18.2 Å². The van der Waals surface area contributed by atoms with Crippen molar-refractivity contribution >= 4 is 23.2 Å². The lowest BCUT2D eigenvalue weighted by atomic mass is 10.1. The van der Waals surface area contributed by atoms with E-state index in [2.05, 4.69) is 10.6 Å². The molecule has 4 N–H and O–H groups in total. The van der Waals surface area contributed by atoms with E-state index in [9.17, 15) is 19.7 Å². The van der Waals surface area contributed by atoms with Crippen LogP contribution in [0.4, 0.5) is 11.4 Å². The molecule has 0 aliphatic carbocycles. The lowest BCUT2D eigenvalue weighted by molar-refractivity contribution is -0.384. The Morgan fingerprint density at radius 3 is 2.65 bits per heavy atom. The van der Waals surface area contributed by atoms with Crippen LogP contribution in [0.5, 0.6) is 0 Å². The van der Waals surface area contributed by atoms with Crippen LogP contribution in [0.1, 0.15) is 23.7 Å². The topological polar surface area (TPSA) is 127 Å². The summed E-state index contributed by atoms with van der Waals surface area (Å²) in [6.07, 6.45) is 0.778. The van der Waals surface area contributed by atoms with Gasteiger partial charge in [0.05, 0.1) is 11.5 Å². The van der Waals surface area contributed by atoms with Gasteiger partial charge in [-0.2, -0.15) is 0 Å². The van der Waals surface area contributed by atoms with E-state index in [-0.39, 0.29) is 23.7 Å². The summed E-state index contributed by atoms with van der Waals surface area (Å²) in [6, 6.07) is 4.06. The summed E-state index contributed by atoms with van der Waals surface area (Å²) in [5, 5.41) is 15.8. The molecule has 0 aliphatic heterocycles. The van der Waals surface area contributed by atoms with Crippen molar-refractivity contribution in [2.75, 3.05) is 18.8 Å². The maximum Gasteiger partial charge on any atom is 0.304 e. The van der Waals surface area contributed by atoms with Gasteiger partial charge in [0.15, 0.2) is 0 Å². The lowest BCUT2D eigenvalue weighted by Crippen LogP contribution is -2.37. The molecule has 0 atom stereocenters. The van der Waals surface area contributed by atoms with Crippen molar-refractivity contribution in [3.05, 3.63) is 33.9 Å². The first-order chi connectivity index (χ1) is 9.47. The summed E-state index contributed by atoms with van der Waals surface area (Å²) in [7, 11) is 0. The van der Waals surface area contributed by atoms with Gasteiger partial charge in [-0.25, -0.2) is 0 Å². The fourth-order valence-electron chi connectivity index (χ4n) is 1.53. The minimum Gasteiger partial charge on any atom is -0.393 e. The van der Waals surface area contributed by atoms with Crippen LogP contribution in [-0.2, 0) is 4.79 Å². The number of nitro benzene ring substituents is 1. The number of carbonyl (C=O) groups excluding carboxylic acids is 2. The second kappa shape index (κ2) is 7.07. The van der Waals surface area contributed by atoms with Gasteiger partial charge in [0.25, 0.3) is 5.91 Å².